The van der Waals surface area contributed by atoms with Crippen LogP contribution >= 0.6 is 0 Å². The van der Waals surface area contributed by atoms with Gasteiger partial charge in [0.25, 0.3) is 15.9 Å². The number of amides is 1. The van der Waals surface area contributed by atoms with Gasteiger partial charge in [-0.15, -0.1) is 0 Å². The first kappa shape index (κ1) is 23.2. The highest BCUT2D eigenvalue weighted by atomic mass is 32.2. The predicted molar refractivity (Wildman–Crippen MR) is 116 cm³/mol. The smallest absolute Gasteiger partial charge is 0.266 e. The molecule has 1 heterocycles. The highest BCUT2D eigenvalue weighted by Crippen LogP contribution is 2.16. The van der Waals surface area contributed by atoms with Crippen molar-refractivity contribution in [1.29, 1.82) is 0 Å². The van der Waals surface area contributed by atoms with E-state index in [2.05, 4.69) is 37.0 Å². The Hall–Kier alpha value is -2.12. The summed E-state index contributed by atoms with van der Waals surface area (Å²) in [6.07, 6.45) is 0. The first-order chi connectivity index (χ1) is 13.4. The largest absolute Gasteiger partial charge is 0.343 e. The van der Waals surface area contributed by atoms with Gasteiger partial charge in [0, 0.05) is 11.4 Å². The van der Waals surface area contributed by atoms with Crippen LogP contribution in [0.2, 0.25) is 0 Å². The lowest BCUT2D eigenvalue weighted by molar-refractivity contribution is -0.942. The summed E-state index contributed by atoms with van der Waals surface area (Å²) in [6.45, 7) is 16.2. The first-order valence-electron chi connectivity index (χ1n) is 10.1. The molecule has 0 bridgehead atoms. The second kappa shape index (κ2) is 9.13. The molecular formula is C22H34N3O3S+. The fourth-order valence-corrected chi connectivity index (χ4v) is 4.78. The van der Waals surface area contributed by atoms with Gasteiger partial charge in [-0.25, -0.2) is 13.1 Å². The molecule has 0 unspecified atom stereocenters. The number of hydrogen-bond acceptors (Lipinski definition) is 3. The molecule has 1 amide bonds. The summed E-state index contributed by atoms with van der Waals surface area (Å²) in [5.41, 5.74) is 3.09. The molecule has 0 aliphatic rings. The molecular weight excluding hydrogens is 386 g/mol. The second-order valence-corrected chi connectivity index (χ2v) is 10.0. The van der Waals surface area contributed by atoms with Gasteiger partial charge in [-0.2, -0.15) is 0 Å². The number of benzene rings is 1. The molecule has 29 heavy (non-hydrogen) atoms. The third kappa shape index (κ3) is 5.48. The Kier molecular flexibility index (Phi) is 7.30. The first-order valence-corrected chi connectivity index (χ1v) is 11.6. The van der Waals surface area contributed by atoms with Gasteiger partial charge in [-0.3, -0.25) is 4.79 Å². The number of nitrogens with zero attached hydrogens (tertiary/aromatic N) is 1. The molecule has 2 rings (SSSR count). The summed E-state index contributed by atoms with van der Waals surface area (Å²) < 4.78 is 29.4. The number of quaternary nitrogens is 1. The lowest BCUT2D eigenvalue weighted by Crippen LogP contribution is -3.18. The van der Waals surface area contributed by atoms with Crippen LogP contribution in [0.5, 0.6) is 0 Å². The Labute approximate surface area is 175 Å². The van der Waals surface area contributed by atoms with Gasteiger partial charge in [0.2, 0.25) is 0 Å². The van der Waals surface area contributed by atoms with Crippen molar-refractivity contribution in [2.75, 3.05) is 6.54 Å². The number of nitrogens with one attached hydrogen (secondary N) is 2. The van der Waals surface area contributed by atoms with E-state index in [9.17, 15) is 13.2 Å². The van der Waals surface area contributed by atoms with E-state index in [0.29, 0.717) is 17.6 Å². The van der Waals surface area contributed by atoms with Crippen LogP contribution in [0.1, 0.15) is 55.0 Å². The van der Waals surface area contributed by atoms with Crippen molar-refractivity contribution >= 4 is 15.9 Å². The molecule has 6 nitrogen and oxygen atoms in total. The zero-order valence-corrected chi connectivity index (χ0v) is 19.4. The number of carbonyl (C=O) groups is 1. The third-order valence-corrected chi connectivity index (χ3v) is 6.83. The third-order valence-electron chi connectivity index (χ3n) is 5.48. The molecule has 2 aromatic rings. The average Bonchev–Trinajstić information content (AvgIpc) is 2.89. The lowest BCUT2D eigenvalue weighted by Gasteiger charge is -2.28. The van der Waals surface area contributed by atoms with E-state index in [4.69, 9.17) is 0 Å². The molecule has 0 fully saturated rings. The van der Waals surface area contributed by atoms with Crippen LogP contribution in [0, 0.1) is 20.8 Å². The summed E-state index contributed by atoms with van der Waals surface area (Å²) in [4.78, 5) is 14.3. The minimum atomic E-state index is -3.91. The van der Waals surface area contributed by atoms with E-state index in [1.807, 2.05) is 20.8 Å². The average molecular weight is 421 g/mol. The minimum absolute atomic E-state index is 0.0818. The summed E-state index contributed by atoms with van der Waals surface area (Å²) in [5, 5.41) is 0. The van der Waals surface area contributed by atoms with Gasteiger partial charge in [-0.05, 0) is 66.7 Å². The summed E-state index contributed by atoms with van der Waals surface area (Å²) >= 11 is 0. The number of aromatic nitrogens is 1. The SMILES string of the molecule is Cc1ccc(S(=O)(=O)NC(=O)c2cc(C)n(CC[NH+](C(C)C)C(C)C)c2C)cc1. The van der Waals surface area contributed by atoms with E-state index in [1.165, 1.54) is 17.0 Å². The van der Waals surface area contributed by atoms with Gasteiger partial charge in [0.05, 0.1) is 35.6 Å². The molecule has 0 saturated heterocycles. The number of hydrogen-bond donors (Lipinski definition) is 2. The molecule has 2 N–H and O–H groups in total. The number of aryl methyl sites for hydroxylation is 2. The number of sulfonamides is 1. The van der Waals surface area contributed by atoms with Crippen LogP contribution in [-0.4, -0.2) is 37.5 Å². The van der Waals surface area contributed by atoms with E-state index in [1.54, 1.807) is 18.2 Å². The van der Waals surface area contributed by atoms with Crippen LogP contribution in [-0.2, 0) is 16.6 Å². The topological polar surface area (TPSA) is 72.6 Å². The Morgan fingerprint density at radius 2 is 1.59 bits per heavy atom. The molecule has 1 aromatic carbocycles. The van der Waals surface area contributed by atoms with Gasteiger partial charge in [0.15, 0.2) is 0 Å². The standard InChI is InChI=1S/C22H33N3O3S/c1-15(2)24(16(3)4)12-13-25-18(6)14-21(19(25)7)22(26)23-29(27,28)20-10-8-17(5)9-11-20/h8-11,14-16H,12-13H2,1-7H3,(H,23,26)/p+1. The van der Waals surface area contributed by atoms with E-state index >= 15 is 0 Å². The van der Waals surface area contributed by atoms with Crippen molar-refractivity contribution in [1.82, 2.24) is 9.29 Å². The monoisotopic (exact) mass is 420 g/mol. The minimum Gasteiger partial charge on any atom is -0.343 e. The molecule has 0 atom stereocenters. The van der Waals surface area contributed by atoms with Crippen molar-refractivity contribution in [2.45, 2.75) is 72.0 Å². The van der Waals surface area contributed by atoms with E-state index < -0.39 is 15.9 Å². The maximum atomic E-state index is 12.7. The number of carbonyl (C=O) groups excluding carboxylic acids is 1. The van der Waals surface area contributed by atoms with Crippen molar-refractivity contribution in [3.05, 3.63) is 52.8 Å². The van der Waals surface area contributed by atoms with Crippen LogP contribution in [0.3, 0.4) is 0 Å². The Morgan fingerprint density at radius 1 is 1.03 bits per heavy atom. The summed E-state index contributed by atoms with van der Waals surface area (Å²) in [7, 11) is -3.91. The fourth-order valence-electron chi connectivity index (χ4n) is 3.81. The molecule has 0 saturated carbocycles. The van der Waals surface area contributed by atoms with Gasteiger partial charge in [-0.1, -0.05) is 17.7 Å². The molecule has 0 spiro atoms. The Bertz CT molecular complexity index is 950. The maximum Gasteiger partial charge on any atom is 0.266 e. The quantitative estimate of drug-likeness (QED) is 0.688. The van der Waals surface area contributed by atoms with Crippen LogP contribution in [0.25, 0.3) is 0 Å². The van der Waals surface area contributed by atoms with Gasteiger partial charge >= 0.3 is 0 Å². The maximum absolute atomic E-state index is 12.7. The molecule has 0 aliphatic carbocycles. The summed E-state index contributed by atoms with van der Waals surface area (Å²) in [6, 6.07) is 9.21. The van der Waals surface area contributed by atoms with Crippen molar-refractivity contribution < 1.29 is 18.1 Å². The Morgan fingerprint density at radius 3 is 2.10 bits per heavy atom. The van der Waals surface area contributed by atoms with E-state index in [0.717, 1.165) is 30.0 Å². The Balaban J connectivity index is 2.20. The van der Waals surface area contributed by atoms with Crippen LogP contribution < -0.4 is 9.62 Å². The highest BCUT2D eigenvalue weighted by molar-refractivity contribution is 7.90. The normalized spacial score (nSPS) is 12.2. The number of rotatable bonds is 8. The lowest BCUT2D eigenvalue weighted by atomic mass is 10.2. The highest BCUT2D eigenvalue weighted by Gasteiger charge is 2.23. The van der Waals surface area contributed by atoms with Crippen molar-refractivity contribution in [3.8, 4) is 0 Å². The van der Waals surface area contributed by atoms with Crippen LogP contribution in [0.15, 0.2) is 35.2 Å². The summed E-state index contributed by atoms with van der Waals surface area (Å²) in [5.74, 6) is -0.596. The van der Waals surface area contributed by atoms with Gasteiger partial charge < -0.3 is 9.47 Å². The van der Waals surface area contributed by atoms with Crippen LogP contribution in [0.4, 0.5) is 0 Å². The zero-order chi connectivity index (χ0) is 21.9. The van der Waals surface area contributed by atoms with Crippen molar-refractivity contribution in [3.63, 3.8) is 0 Å². The fraction of sp³-hybridized carbons (Fsp3) is 0.500. The molecule has 0 radical (unpaired) electrons. The molecule has 160 valence electrons. The van der Waals surface area contributed by atoms with Crippen molar-refractivity contribution in [2.24, 2.45) is 0 Å². The second-order valence-electron chi connectivity index (χ2n) is 8.32. The zero-order valence-electron chi connectivity index (χ0n) is 18.5. The predicted octanol–water partition coefficient (Wildman–Crippen LogP) is 2.23. The molecule has 1 aromatic heterocycles. The van der Waals surface area contributed by atoms with E-state index in [-0.39, 0.29) is 4.90 Å². The van der Waals surface area contributed by atoms with Gasteiger partial charge in [0.1, 0.15) is 0 Å². The molecule has 0 aliphatic heterocycles. The molecule has 7 heteroatoms.